The first-order valence-electron chi connectivity index (χ1n) is 9.66. The molecule has 0 saturated heterocycles. The van der Waals surface area contributed by atoms with Gasteiger partial charge in [-0.3, -0.25) is 4.79 Å². The zero-order valence-corrected chi connectivity index (χ0v) is 18.8. The molecule has 0 radical (unpaired) electrons. The van der Waals surface area contributed by atoms with Gasteiger partial charge in [-0.1, -0.05) is 35.3 Å². The van der Waals surface area contributed by atoms with E-state index in [9.17, 15) is 4.79 Å². The summed E-state index contributed by atoms with van der Waals surface area (Å²) < 4.78 is 0. The highest BCUT2D eigenvalue weighted by Crippen LogP contribution is 2.32. The van der Waals surface area contributed by atoms with Crippen LogP contribution in [0, 0.1) is 0 Å². The topological polar surface area (TPSA) is 23.6 Å². The molecule has 1 fully saturated rings. The molecule has 0 unspecified atom stereocenters. The van der Waals surface area contributed by atoms with Crippen LogP contribution in [-0.4, -0.2) is 34.0 Å². The van der Waals surface area contributed by atoms with Gasteiger partial charge >= 0.3 is 0 Å². The van der Waals surface area contributed by atoms with Crippen LogP contribution in [0.4, 0.5) is 11.4 Å². The molecule has 0 amide bonds. The third-order valence-corrected chi connectivity index (χ3v) is 5.79. The van der Waals surface area contributed by atoms with Crippen molar-refractivity contribution in [3.63, 3.8) is 0 Å². The van der Waals surface area contributed by atoms with Crippen LogP contribution in [0.1, 0.15) is 30.4 Å². The maximum Gasteiger partial charge on any atom is 0.185 e. The first-order valence-corrected chi connectivity index (χ1v) is 10.4. The molecule has 2 aromatic rings. The van der Waals surface area contributed by atoms with Crippen LogP contribution in [0.2, 0.25) is 10.0 Å². The van der Waals surface area contributed by atoms with Crippen molar-refractivity contribution in [3.05, 3.63) is 68.7 Å². The second-order valence-electron chi connectivity index (χ2n) is 7.72. The number of carbonyl (C=O) groups is 1. The van der Waals surface area contributed by atoms with Crippen molar-refractivity contribution < 1.29 is 4.79 Å². The fourth-order valence-electron chi connectivity index (χ4n) is 3.38. The Balaban J connectivity index is 1.89. The molecule has 0 spiro atoms. The van der Waals surface area contributed by atoms with E-state index in [2.05, 4.69) is 0 Å². The van der Waals surface area contributed by atoms with Crippen LogP contribution in [-0.2, 0) is 4.79 Å². The molecular formula is C24H26Cl2N2O. The molecular weight excluding hydrogens is 403 g/mol. The molecule has 152 valence electrons. The van der Waals surface area contributed by atoms with Gasteiger partial charge in [0.1, 0.15) is 0 Å². The molecule has 1 aliphatic rings. The number of halogens is 2. The summed E-state index contributed by atoms with van der Waals surface area (Å²) >= 11 is 12.9. The molecule has 3 rings (SSSR count). The predicted octanol–water partition coefficient (Wildman–Crippen LogP) is 6.35. The number of ketones is 1. The molecule has 0 atom stereocenters. The Morgan fingerprint density at radius 1 is 0.759 bits per heavy atom. The molecule has 0 aromatic heterocycles. The van der Waals surface area contributed by atoms with E-state index in [4.69, 9.17) is 23.2 Å². The van der Waals surface area contributed by atoms with Crippen LogP contribution < -0.4 is 9.80 Å². The Labute approximate surface area is 183 Å². The lowest BCUT2D eigenvalue weighted by atomic mass is 9.87. The lowest BCUT2D eigenvalue weighted by molar-refractivity contribution is -0.112. The summed E-state index contributed by atoms with van der Waals surface area (Å²) in [5, 5.41) is 1.30. The molecule has 3 nitrogen and oxygen atoms in total. The molecule has 1 saturated carbocycles. The van der Waals surface area contributed by atoms with Crippen LogP contribution in [0.25, 0.3) is 12.2 Å². The molecule has 0 aliphatic heterocycles. The summed E-state index contributed by atoms with van der Waals surface area (Å²) in [5.74, 6) is 0.0803. The quantitative estimate of drug-likeness (QED) is 0.530. The molecule has 29 heavy (non-hydrogen) atoms. The van der Waals surface area contributed by atoms with Gasteiger partial charge in [-0.15, -0.1) is 0 Å². The van der Waals surface area contributed by atoms with Crippen molar-refractivity contribution in [2.24, 2.45) is 0 Å². The number of benzene rings is 2. The molecule has 5 heteroatoms. The Morgan fingerprint density at radius 2 is 1.17 bits per heavy atom. The van der Waals surface area contributed by atoms with Crippen molar-refractivity contribution >= 4 is 52.5 Å². The van der Waals surface area contributed by atoms with Crippen LogP contribution >= 0.6 is 23.2 Å². The fraction of sp³-hybridized carbons (Fsp3) is 0.292. The minimum absolute atomic E-state index is 0.0803. The standard InChI is InChI=1S/C24H26Cl2N2O/c1-27(2)20-10-8-16(22(25)14-20)12-18-6-5-7-19(24(18)29)13-17-9-11-21(28(3)4)15-23(17)26/h8-15H,5-7H2,1-4H3/b18-12-,19-13+. The number of hydrogen-bond donors (Lipinski definition) is 0. The molecule has 2 aromatic carbocycles. The van der Waals surface area contributed by atoms with Gasteiger partial charge in [-0.25, -0.2) is 0 Å². The van der Waals surface area contributed by atoms with E-state index in [0.717, 1.165) is 52.9 Å². The highest BCUT2D eigenvalue weighted by molar-refractivity contribution is 6.33. The summed E-state index contributed by atoms with van der Waals surface area (Å²) in [7, 11) is 7.90. The first kappa shape index (κ1) is 21.5. The number of anilines is 2. The first-order chi connectivity index (χ1) is 13.8. The Morgan fingerprint density at radius 3 is 1.52 bits per heavy atom. The van der Waals surface area contributed by atoms with Gasteiger partial charge in [0.05, 0.1) is 0 Å². The van der Waals surface area contributed by atoms with Gasteiger partial charge in [0.25, 0.3) is 0 Å². The largest absolute Gasteiger partial charge is 0.378 e. The van der Waals surface area contributed by atoms with E-state index < -0.39 is 0 Å². The molecule has 0 heterocycles. The second-order valence-corrected chi connectivity index (χ2v) is 8.54. The number of Topliss-reactive ketones (excluding diaryl/α,β-unsaturated/α-hetero) is 1. The van der Waals surface area contributed by atoms with Gasteiger partial charge in [0.15, 0.2) is 5.78 Å². The Bertz CT molecular complexity index is 913. The number of hydrogen-bond acceptors (Lipinski definition) is 3. The molecule has 0 N–H and O–H groups in total. The number of nitrogens with zero attached hydrogens (tertiary/aromatic N) is 2. The summed E-state index contributed by atoms with van der Waals surface area (Å²) in [6.07, 6.45) is 6.30. The third kappa shape index (κ3) is 5.04. The van der Waals surface area contributed by atoms with E-state index in [-0.39, 0.29) is 5.78 Å². The summed E-state index contributed by atoms with van der Waals surface area (Å²) in [4.78, 5) is 17.1. The van der Waals surface area contributed by atoms with Gasteiger partial charge in [0, 0.05) is 60.8 Å². The van der Waals surface area contributed by atoms with Crippen molar-refractivity contribution in [1.82, 2.24) is 0 Å². The lowest BCUT2D eigenvalue weighted by Crippen LogP contribution is -2.12. The summed E-state index contributed by atoms with van der Waals surface area (Å²) in [6.45, 7) is 0. The monoisotopic (exact) mass is 428 g/mol. The average Bonchev–Trinajstić information content (AvgIpc) is 2.67. The zero-order chi connectivity index (χ0) is 21.1. The number of rotatable bonds is 4. The third-order valence-electron chi connectivity index (χ3n) is 5.14. The van der Waals surface area contributed by atoms with Crippen LogP contribution in [0.15, 0.2) is 47.5 Å². The summed E-state index contributed by atoms with van der Waals surface area (Å²) in [6, 6.07) is 11.8. The SMILES string of the molecule is CN(C)c1ccc(/C=C2/CCC/C(=C\c3ccc(N(C)C)cc3Cl)C2=O)c(Cl)c1. The highest BCUT2D eigenvalue weighted by atomic mass is 35.5. The highest BCUT2D eigenvalue weighted by Gasteiger charge is 2.21. The van der Waals surface area contributed by atoms with Crippen molar-refractivity contribution in [2.45, 2.75) is 19.3 Å². The minimum atomic E-state index is 0.0803. The minimum Gasteiger partial charge on any atom is -0.378 e. The van der Waals surface area contributed by atoms with E-state index in [0.29, 0.717) is 10.0 Å². The van der Waals surface area contributed by atoms with Gasteiger partial charge in [0.2, 0.25) is 0 Å². The average molecular weight is 429 g/mol. The number of carbonyl (C=O) groups excluding carboxylic acids is 1. The van der Waals surface area contributed by atoms with Crippen molar-refractivity contribution in [2.75, 3.05) is 38.0 Å². The maximum atomic E-state index is 13.1. The molecule has 1 aliphatic carbocycles. The van der Waals surface area contributed by atoms with Gasteiger partial charge in [-0.2, -0.15) is 0 Å². The predicted molar refractivity (Wildman–Crippen MR) is 126 cm³/mol. The van der Waals surface area contributed by atoms with Crippen molar-refractivity contribution in [1.29, 1.82) is 0 Å². The van der Waals surface area contributed by atoms with Gasteiger partial charge in [-0.05, 0) is 66.8 Å². The van der Waals surface area contributed by atoms with E-state index in [1.54, 1.807) is 0 Å². The fourth-order valence-corrected chi connectivity index (χ4v) is 3.83. The zero-order valence-electron chi connectivity index (χ0n) is 17.3. The smallest absolute Gasteiger partial charge is 0.185 e. The van der Waals surface area contributed by atoms with E-state index >= 15 is 0 Å². The molecule has 0 bridgehead atoms. The number of allylic oxidation sites excluding steroid dienone is 2. The lowest BCUT2D eigenvalue weighted by Gasteiger charge is -2.18. The Kier molecular flexibility index (Phi) is 6.71. The summed E-state index contributed by atoms with van der Waals surface area (Å²) in [5.41, 5.74) is 5.39. The normalized spacial score (nSPS) is 17.1. The van der Waals surface area contributed by atoms with E-state index in [1.807, 2.05) is 86.5 Å². The maximum absolute atomic E-state index is 13.1. The van der Waals surface area contributed by atoms with E-state index in [1.165, 1.54) is 0 Å². The Hall–Kier alpha value is -2.23. The van der Waals surface area contributed by atoms with Crippen LogP contribution in [0.3, 0.4) is 0 Å². The van der Waals surface area contributed by atoms with Crippen molar-refractivity contribution in [3.8, 4) is 0 Å². The second kappa shape index (κ2) is 9.06. The van der Waals surface area contributed by atoms with Crippen LogP contribution in [0.5, 0.6) is 0 Å². The van der Waals surface area contributed by atoms with Gasteiger partial charge < -0.3 is 9.80 Å².